The maximum atomic E-state index is 12.9. The van der Waals surface area contributed by atoms with Crippen LogP contribution in [0.3, 0.4) is 0 Å². The highest BCUT2D eigenvalue weighted by molar-refractivity contribution is 6.35. The number of carbonyl (C=O) groups is 2. The number of pyridine rings is 1. The quantitative estimate of drug-likeness (QED) is 0.585. The van der Waals surface area contributed by atoms with Crippen molar-refractivity contribution in [1.82, 2.24) is 9.88 Å². The first kappa shape index (κ1) is 20.0. The number of nitrogens with zero attached hydrogens (tertiary/aromatic N) is 2. The number of ether oxygens (including phenoxy) is 1. The van der Waals surface area contributed by atoms with Gasteiger partial charge in [-0.25, -0.2) is 4.79 Å². The molecule has 0 spiro atoms. The fourth-order valence-corrected chi connectivity index (χ4v) is 4.65. The summed E-state index contributed by atoms with van der Waals surface area (Å²) in [5.41, 5.74) is 7.13. The molecule has 4 rings (SSSR count). The standard InChI is InChI=1S/C22H26ClN3O3/c1-22(2,3)29-21(28)26-10-15-12(16(15)11-26)6-7-18(27)14-9-17(23)19(24)13-5-4-8-25-20(13)14/h4-5,8-9,12,15-16H,6-7,10-11,24H2,1-3H3. The number of amides is 1. The topological polar surface area (TPSA) is 85.5 Å². The molecule has 1 saturated heterocycles. The van der Waals surface area contributed by atoms with Crippen molar-refractivity contribution >= 4 is 40.1 Å². The summed E-state index contributed by atoms with van der Waals surface area (Å²) in [4.78, 5) is 31.2. The number of hydrogen-bond acceptors (Lipinski definition) is 5. The normalized spacial score (nSPS) is 23.2. The first-order valence-corrected chi connectivity index (χ1v) is 10.4. The lowest BCUT2D eigenvalue weighted by Gasteiger charge is -2.25. The molecule has 1 aliphatic carbocycles. The number of Topliss-reactive ketones (excluding diaryl/α,β-unsaturated/α-hetero) is 1. The van der Waals surface area contributed by atoms with Crippen LogP contribution in [-0.4, -0.2) is 40.5 Å². The zero-order valence-corrected chi connectivity index (χ0v) is 17.7. The van der Waals surface area contributed by atoms with Crippen LogP contribution in [0.2, 0.25) is 5.02 Å². The van der Waals surface area contributed by atoms with Crippen molar-refractivity contribution in [3.05, 3.63) is 35.0 Å². The largest absolute Gasteiger partial charge is 0.444 e. The van der Waals surface area contributed by atoms with Crippen LogP contribution in [0.5, 0.6) is 0 Å². The van der Waals surface area contributed by atoms with Crippen molar-refractivity contribution in [2.45, 2.75) is 39.2 Å². The third-order valence-corrected chi connectivity index (χ3v) is 6.22. The monoisotopic (exact) mass is 415 g/mol. The minimum atomic E-state index is -0.479. The number of benzene rings is 1. The summed E-state index contributed by atoms with van der Waals surface area (Å²) in [6.45, 7) is 7.06. The second kappa shape index (κ2) is 7.17. The van der Waals surface area contributed by atoms with Gasteiger partial charge >= 0.3 is 6.09 Å². The molecule has 154 valence electrons. The van der Waals surface area contributed by atoms with Gasteiger partial charge in [-0.15, -0.1) is 0 Å². The summed E-state index contributed by atoms with van der Waals surface area (Å²) in [6, 6.07) is 5.24. The number of nitrogen functional groups attached to an aromatic ring is 1. The van der Waals surface area contributed by atoms with E-state index in [-0.39, 0.29) is 11.9 Å². The number of halogens is 1. The molecule has 0 radical (unpaired) electrons. The van der Waals surface area contributed by atoms with Gasteiger partial charge in [-0.2, -0.15) is 0 Å². The number of likely N-dealkylation sites (tertiary alicyclic amines) is 1. The van der Waals surface area contributed by atoms with E-state index in [1.807, 2.05) is 26.8 Å². The number of fused-ring (bicyclic) bond motifs is 2. The third-order valence-electron chi connectivity index (χ3n) is 5.91. The van der Waals surface area contributed by atoms with Crippen LogP contribution >= 0.6 is 11.6 Å². The number of ketones is 1. The predicted molar refractivity (Wildman–Crippen MR) is 113 cm³/mol. The maximum Gasteiger partial charge on any atom is 0.410 e. The van der Waals surface area contributed by atoms with E-state index >= 15 is 0 Å². The molecule has 0 bridgehead atoms. The molecule has 2 atom stereocenters. The molecule has 6 nitrogen and oxygen atoms in total. The van der Waals surface area contributed by atoms with E-state index in [4.69, 9.17) is 22.1 Å². The Morgan fingerprint density at radius 3 is 2.66 bits per heavy atom. The molecule has 1 aliphatic heterocycles. The van der Waals surface area contributed by atoms with Crippen LogP contribution in [0.25, 0.3) is 10.9 Å². The van der Waals surface area contributed by atoms with Crippen molar-refractivity contribution in [2.75, 3.05) is 18.8 Å². The molecule has 2 heterocycles. The highest BCUT2D eigenvalue weighted by Crippen LogP contribution is 2.54. The van der Waals surface area contributed by atoms with Gasteiger partial charge in [0.25, 0.3) is 0 Å². The number of nitrogens with two attached hydrogens (primary N) is 1. The summed E-state index contributed by atoms with van der Waals surface area (Å²) in [5, 5.41) is 1.09. The van der Waals surface area contributed by atoms with Crippen molar-refractivity contribution < 1.29 is 14.3 Å². The van der Waals surface area contributed by atoms with Gasteiger partial charge < -0.3 is 15.4 Å². The van der Waals surface area contributed by atoms with Crippen LogP contribution in [0, 0.1) is 17.8 Å². The van der Waals surface area contributed by atoms with Gasteiger partial charge in [0.2, 0.25) is 0 Å². The third kappa shape index (κ3) is 3.90. The Bertz CT molecular complexity index is 973. The number of aromatic nitrogens is 1. The lowest BCUT2D eigenvalue weighted by atomic mass is 9.99. The summed E-state index contributed by atoms with van der Waals surface area (Å²) in [5.74, 6) is 1.46. The number of carbonyl (C=O) groups excluding carboxylic acids is 2. The predicted octanol–water partition coefficient (Wildman–Crippen LogP) is 4.55. The molecular formula is C22H26ClN3O3. The van der Waals surface area contributed by atoms with Gasteiger partial charge in [0, 0.05) is 36.7 Å². The second-order valence-corrected chi connectivity index (χ2v) is 9.47. The van der Waals surface area contributed by atoms with Crippen molar-refractivity contribution in [1.29, 1.82) is 0 Å². The van der Waals surface area contributed by atoms with E-state index in [9.17, 15) is 9.59 Å². The highest BCUT2D eigenvalue weighted by atomic mass is 35.5. The van der Waals surface area contributed by atoms with Crippen molar-refractivity contribution in [3.8, 4) is 0 Å². The summed E-state index contributed by atoms with van der Waals surface area (Å²) in [6.07, 6.45) is 2.67. The van der Waals surface area contributed by atoms with E-state index in [0.717, 1.165) is 19.5 Å². The molecule has 2 aromatic rings. The van der Waals surface area contributed by atoms with Crippen LogP contribution in [0.15, 0.2) is 24.4 Å². The smallest absolute Gasteiger partial charge is 0.410 e. The Labute approximate surface area is 175 Å². The maximum absolute atomic E-state index is 12.9. The van der Waals surface area contributed by atoms with Crippen LogP contribution in [0.1, 0.15) is 44.0 Å². The lowest BCUT2D eigenvalue weighted by molar-refractivity contribution is 0.0264. The van der Waals surface area contributed by atoms with Gasteiger partial charge in [-0.3, -0.25) is 9.78 Å². The fourth-order valence-electron chi connectivity index (χ4n) is 4.44. The lowest BCUT2D eigenvalue weighted by Crippen LogP contribution is -2.37. The first-order chi connectivity index (χ1) is 13.7. The van der Waals surface area contributed by atoms with Gasteiger partial charge in [-0.1, -0.05) is 11.6 Å². The highest BCUT2D eigenvalue weighted by Gasteiger charge is 2.56. The van der Waals surface area contributed by atoms with Gasteiger partial charge in [-0.05, 0) is 63.1 Å². The van der Waals surface area contributed by atoms with Crippen molar-refractivity contribution in [2.24, 2.45) is 17.8 Å². The summed E-state index contributed by atoms with van der Waals surface area (Å²) >= 11 is 6.23. The Hall–Kier alpha value is -2.34. The van der Waals surface area contributed by atoms with E-state index in [1.54, 1.807) is 23.2 Å². The van der Waals surface area contributed by atoms with E-state index in [2.05, 4.69) is 4.98 Å². The van der Waals surface area contributed by atoms with E-state index in [0.29, 0.717) is 51.4 Å². The number of hydrogen-bond donors (Lipinski definition) is 1. The zero-order valence-electron chi connectivity index (χ0n) is 16.9. The van der Waals surface area contributed by atoms with Crippen LogP contribution in [-0.2, 0) is 4.74 Å². The fraction of sp³-hybridized carbons (Fsp3) is 0.500. The van der Waals surface area contributed by atoms with Crippen LogP contribution < -0.4 is 5.73 Å². The molecule has 29 heavy (non-hydrogen) atoms. The Morgan fingerprint density at radius 1 is 1.31 bits per heavy atom. The Balaban J connectivity index is 1.36. The average molecular weight is 416 g/mol. The number of piperidine rings is 1. The SMILES string of the molecule is CC(C)(C)OC(=O)N1CC2C(CCC(=O)c3cc(Cl)c(N)c4cccnc34)C2C1. The average Bonchev–Trinajstić information content (AvgIpc) is 3.10. The minimum absolute atomic E-state index is 0.0320. The first-order valence-electron chi connectivity index (χ1n) is 9.99. The molecule has 1 aromatic heterocycles. The Morgan fingerprint density at radius 2 is 2.00 bits per heavy atom. The number of anilines is 1. The van der Waals surface area contributed by atoms with Gasteiger partial charge in [0.05, 0.1) is 16.2 Å². The number of rotatable bonds is 4. The Kier molecular flexibility index (Phi) is 4.93. The van der Waals surface area contributed by atoms with Gasteiger partial charge in [0.15, 0.2) is 5.78 Å². The van der Waals surface area contributed by atoms with Gasteiger partial charge in [0.1, 0.15) is 5.60 Å². The molecule has 2 N–H and O–H groups in total. The summed E-state index contributed by atoms with van der Waals surface area (Å²) in [7, 11) is 0. The molecular weight excluding hydrogens is 390 g/mol. The molecule has 2 unspecified atom stereocenters. The van der Waals surface area contributed by atoms with Crippen molar-refractivity contribution in [3.63, 3.8) is 0 Å². The van der Waals surface area contributed by atoms with Crippen LogP contribution in [0.4, 0.5) is 10.5 Å². The minimum Gasteiger partial charge on any atom is -0.444 e. The molecule has 1 amide bonds. The second-order valence-electron chi connectivity index (χ2n) is 9.06. The summed E-state index contributed by atoms with van der Waals surface area (Å²) < 4.78 is 5.45. The molecule has 7 heteroatoms. The van der Waals surface area contributed by atoms with E-state index in [1.165, 1.54) is 0 Å². The molecule has 1 saturated carbocycles. The molecule has 2 fully saturated rings. The molecule has 1 aromatic carbocycles. The zero-order chi connectivity index (χ0) is 20.9. The molecule has 2 aliphatic rings. The van der Waals surface area contributed by atoms with E-state index < -0.39 is 5.60 Å².